The molecule has 0 fully saturated rings. The summed E-state index contributed by atoms with van der Waals surface area (Å²) in [6, 6.07) is 18.9. The highest BCUT2D eigenvalue weighted by molar-refractivity contribution is 14.0. The molecule has 2 N–H and O–H groups in total. The van der Waals surface area contributed by atoms with Gasteiger partial charge in [0.05, 0.1) is 12.3 Å². The summed E-state index contributed by atoms with van der Waals surface area (Å²) in [5, 5.41) is 6.36. The predicted molar refractivity (Wildman–Crippen MR) is 136 cm³/mol. The molecule has 0 bridgehead atoms. The number of aliphatic imine (C=N–C) groups is 1. The van der Waals surface area contributed by atoms with Crippen LogP contribution in [0.2, 0.25) is 0 Å². The fourth-order valence-corrected chi connectivity index (χ4v) is 3.15. The molecular formula is C24H27F2IN4O2. The van der Waals surface area contributed by atoms with Gasteiger partial charge in [-0.05, 0) is 36.8 Å². The van der Waals surface area contributed by atoms with Crippen LogP contribution in [0.15, 0.2) is 71.9 Å². The number of nitrogens with zero attached hydrogens (tertiary/aromatic N) is 2. The number of rotatable bonds is 9. The van der Waals surface area contributed by atoms with Gasteiger partial charge in [0.1, 0.15) is 0 Å². The SMILES string of the molecule is CCOc1cccc(CNC(=NC)NCc2cccc(-c3ccccn3)c2)c1OC(F)F.I. The molecular weight excluding hydrogens is 541 g/mol. The largest absolute Gasteiger partial charge is 0.490 e. The summed E-state index contributed by atoms with van der Waals surface area (Å²) in [6.07, 6.45) is 1.76. The van der Waals surface area contributed by atoms with Gasteiger partial charge in [0.25, 0.3) is 0 Å². The van der Waals surface area contributed by atoms with Gasteiger partial charge < -0.3 is 20.1 Å². The second-order valence-corrected chi connectivity index (χ2v) is 6.75. The third kappa shape index (κ3) is 7.85. The number of aromatic nitrogens is 1. The van der Waals surface area contributed by atoms with Crippen molar-refractivity contribution in [3.8, 4) is 22.8 Å². The molecule has 176 valence electrons. The monoisotopic (exact) mass is 568 g/mol. The molecule has 0 unspecified atom stereocenters. The minimum atomic E-state index is -2.95. The molecule has 0 atom stereocenters. The number of nitrogens with one attached hydrogen (secondary N) is 2. The molecule has 33 heavy (non-hydrogen) atoms. The number of hydrogen-bond donors (Lipinski definition) is 2. The van der Waals surface area contributed by atoms with E-state index in [9.17, 15) is 8.78 Å². The van der Waals surface area contributed by atoms with E-state index in [0.29, 0.717) is 24.7 Å². The van der Waals surface area contributed by atoms with Crippen molar-refractivity contribution in [3.05, 3.63) is 78.0 Å². The van der Waals surface area contributed by atoms with Crippen LogP contribution >= 0.6 is 24.0 Å². The van der Waals surface area contributed by atoms with Gasteiger partial charge in [0, 0.05) is 37.5 Å². The highest BCUT2D eigenvalue weighted by Crippen LogP contribution is 2.32. The third-order valence-electron chi connectivity index (χ3n) is 4.58. The Labute approximate surface area is 209 Å². The number of halogens is 3. The minimum Gasteiger partial charge on any atom is -0.490 e. The lowest BCUT2D eigenvalue weighted by Crippen LogP contribution is -2.36. The highest BCUT2D eigenvalue weighted by atomic mass is 127. The summed E-state index contributed by atoms with van der Waals surface area (Å²) in [6.45, 7) is -0.0570. The number of benzene rings is 2. The normalized spacial score (nSPS) is 11.0. The van der Waals surface area contributed by atoms with E-state index in [2.05, 4.69) is 26.7 Å². The summed E-state index contributed by atoms with van der Waals surface area (Å²) in [5.74, 6) is 0.829. The fourth-order valence-electron chi connectivity index (χ4n) is 3.15. The molecule has 0 amide bonds. The first-order valence-electron chi connectivity index (χ1n) is 10.2. The van der Waals surface area contributed by atoms with Crippen molar-refractivity contribution in [1.29, 1.82) is 0 Å². The van der Waals surface area contributed by atoms with Gasteiger partial charge in [-0.1, -0.05) is 36.4 Å². The highest BCUT2D eigenvalue weighted by Gasteiger charge is 2.16. The number of pyridine rings is 1. The van der Waals surface area contributed by atoms with Gasteiger partial charge in [0.15, 0.2) is 17.5 Å². The average Bonchev–Trinajstić information content (AvgIpc) is 2.81. The molecule has 9 heteroatoms. The van der Waals surface area contributed by atoms with Gasteiger partial charge in [0.2, 0.25) is 0 Å². The smallest absolute Gasteiger partial charge is 0.387 e. The standard InChI is InChI=1S/C24H26F2N4O2.HI/c1-3-31-21-12-7-10-19(22(21)32-23(25)26)16-30-24(27-2)29-15-17-8-6-9-18(14-17)20-11-4-5-13-28-20;/h4-14,23H,3,15-16H2,1-2H3,(H2,27,29,30);1H. The van der Waals surface area contributed by atoms with Gasteiger partial charge in [-0.2, -0.15) is 8.78 Å². The lowest BCUT2D eigenvalue weighted by Gasteiger charge is -2.17. The van der Waals surface area contributed by atoms with Crippen molar-refractivity contribution in [3.63, 3.8) is 0 Å². The molecule has 2 aromatic carbocycles. The second-order valence-electron chi connectivity index (χ2n) is 6.75. The van der Waals surface area contributed by atoms with Gasteiger partial charge in [-0.3, -0.25) is 9.98 Å². The van der Waals surface area contributed by atoms with Crippen molar-refractivity contribution in [1.82, 2.24) is 15.6 Å². The van der Waals surface area contributed by atoms with Crippen LogP contribution in [0.4, 0.5) is 8.78 Å². The summed E-state index contributed by atoms with van der Waals surface area (Å²) in [7, 11) is 1.65. The van der Waals surface area contributed by atoms with E-state index in [4.69, 9.17) is 9.47 Å². The minimum absolute atomic E-state index is 0. The van der Waals surface area contributed by atoms with E-state index in [0.717, 1.165) is 16.8 Å². The molecule has 0 saturated heterocycles. The predicted octanol–water partition coefficient (Wildman–Crippen LogP) is 5.23. The summed E-state index contributed by atoms with van der Waals surface area (Å²) >= 11 is 0. The van der Waals surface area contributed by atoms with Crippen LogP contribution in [0.5, 0.6) is 11.5 Å². The Balaban J connectivity index is 0.00000385. The van der Waals surface area contributed by atoms with Crippen molar-refractivity contribution in [2.75, 3.05) is 13.7 Å². The zero-order chi connectivity index (χ0) is 22.8. The molecule has 0 saturated carbocycles. The molecule has 1 aromatic heterocycles. The molecule has 3 rings (SSSR count). The van der Waals surface area contributed by atoms with Crippen molar-refractivity contribution >= 4 is 29.9 Å². The van der Waals surface area contributed by atoms with Crippen LogP contribution in [-0.4, -0.2) is 31.2 Å². The topological polar surface area (TPSA) is 67.8 Å². The van der Waals surface area contributed by atoms with Crippen LogP contribution in [0.1, 0.15) is 18.1 Å². The van der Waals surface area contributed by atoms with Crippen molar-refractivity contribution < 1.29 is 18.3 Å². The van der Waals surface area contributed by atoms with E-state index >= 15 is 0 Å². The molecule has 0 radical (unpaired) electrons. The summed E-state index contributed by atoms with van der Waals surface area (Å²) in [4.78, 5) is 8.59. The van der Waals surface area contributed by atoms with Gasteiger partial charge >= 0.3 is 6.61 Å². The summed E-state index contributed by atoms with van der Waals surface area (Å²) in [5.41, 5.74) is 3.51. The Hall–Kier alpha value is -2.95. The van der Waals surface area contributed by atoms with E-state index < -0.39 is 6.61 Å². The molecule has 6 nitrogen and oxygen atoms in total. The van der Waals surface area contributed by atoms with Crippen LogP contribution in [0, 0.1) is 0 Å². The molecule has 0 aliphatic heterocycles. The molecule has 0 aliphatic rings. The zero-order valence-electron chi connectivity index (χ0n) is 18.4. The Morgan fingerprint density at radius 1 is 1.03 bits per heavy atom. The number of para-hydroxylation sites is 1. The lowest BCUT2D eigenvalue weighted by atomic mass is 10.1. The van der Waals surface area contributed by atoms with E-state index in [1.54, 1.807) is 38.4 Å². The maximum atomic E-state index is 12.9. The van der Waals surface area contributed by atoms with Crippen LogP contribution < -0.4 is 20.1 Å². The van der Waals surface area contributed by atoms with E-state index in [1.807, 2.05) is 36.4 Å². The second kappa shape index (κ2) is 13.6. The number of guanidine groups is 1. The molecule has 3 aromatic rings. The quantitative estimate of drug-likeness (QED) is 0.210. The van der Waals surface area contributed by atoms with Crippen molar-refractivity contribution in [2.45, 2.75) is 26.6 Å². The van der Waals surface area contributed by atoms with Crippen molar-refractivity contribution in [2.24, 2.45) is 4.99 Å². The number of alkyl halides is 2. The maximum Gasteiger partial charge on any atom is 0.387 e. The Morgan fingerprint density at radius 2 is 1.82 bits per heavy atom. The average molecular weight is 568 g/mol. The molecule has 0 aliphatic carbocycles. The maximum absolute atomic E-state index is 12.9. The van der Waals surface area contributed by atoms with Gasteiger partial charge in [-0.15, -0.1) is 24.0 Å². The van der Waals surface area contributed by atoms with Crippen LogP contribution in [0.25, 0.3) is 11.3 Å². The number of ether oxygens (including phenoxy) is 2. The van der Waals surface area contributed by atoms with E-state index in [-0.39, 0.29) is 42.0 Å². The molecule has 0 spiro atoms. The molecule has 1 heterocycles. The lowest BCUT2D eigenvalue weighted by molar-refractivity contribution is -0.0520. The zero-order valence-corrected chi connectivity index (χ0v) is 20.8. The Kier molecular flexibility index (Phi) is 10.8. The Morgan fingerprint density at radius 3 is 2.52 bits per heavy atom. The fraction of sp³-hybridized carbons (Fsp3) is 0.250. The first-order chi connectivity index (χ1) is 15.6. The Bertz CT molecular complexity index is 1040. The summed E-state index contributed by atoms with van der Waals surface area (Å²) < 4.78 is 36.0. The third-order valence-corrected chi connectivity index (χ3v) is 4.58. The van der Waals surface area contributed by atoms with E-state index in [1.165, 1.54) is 0 Å². The van der Waals surface area contributed by atoms with Crippen LogP contribution in [-0.2, 0) is 13.1 Å². The first kappa shape index (κ1) is 26.3. The van der Waals surface area contributed by atoms with Crippen LogP contribution in [0.3, 0.4) is 0 Å². The first-order valence-corrected chi connectivity index (χ1v) is 10.2. The van der Waals surface area contributed by atoms with Gasteiger partial charge in [-0.25, -0.2) is 0 Å². The number of hydrogen-bond acceptors (Lipinski definition) is 4.